The maximum absolute atomic E-state index is 14.6. The molecule has 3 aromatic heterocycles. The Morgan fingerprint density at radius 2 is 1.79 bits per heavy atom. The molecular weight excluding hydrogens is 358 g/mol. The zero-order chi connectivity index (χ0) is 19.6. The van der Waals surface area contributed by atoms with Gasteiger partial charge in [0, 0.05) is 17.5 Å². The van der Waals surface area contributed by atoms with Crippen LogP contribution in [0.25, 0.3) is 44.1 Å². The average molecular weight is 375 g/mol. The zero-order valence-corrected chi connectivity index (χ0v) is 15.7. The Kier molecular flexibility index (Phi) is 3.50. The molecule has 5 rings (SSSR count). The van der Waals surface area contributed by atoms with E-state index in [0.717, 1.165) is 39.2 Å². The molecule has 0 aliphatic carbocycles. The molecule has 5 heteroatoms. The number of nitrogens with zero attached hydrogens (tertiary/aromatic N) is 2. The quantitative estimate of drug-likeness (QED) is 0.285. The summed E-state index contributed by atoms with van der Waals surface area (Å²) < 4.78 is 36.2. The van der Waals surface area contributed by atoms with E-state index in [0.29, 0.717) is 11.0 Å². The van der Waals surface area contributed by atoms with E-state index in [9.17, 15) is 8.78 Å². The Morgan fingerprint density at radius 3 is 2.61 bits per heavy atom. The maximum atomic E-state index is 14.6. The van der Waals surface area contributed by atoms with Crippen LogP contribution >= 0.6 is 0 Å². The Labute approximate surface area is 159 Å². The number of fused-ring (bicyclic) bond motifs is 4. The van der Waals surface area contributed by atoms with E-state index in [-0.39, 0.29) is 11.1 Å². The van der Waals surface area contributed by atoms with Gasteiger partial charge in [0.1, 0.15) is 12.9 Å². The van der Waals surface area contributed by atoms with E-state index in [1.54, 1.807) is 0 Å². The van der Waals surface area contributed by atoms with E-state index in [1.807, 2.05) is 49.9 Å². The fraction of sp³-hybridized carbons (Fsp3) is 0.130. The van der Waals surface area contributed by atoms with Crippen LogP contribution in [0.1, 0.15) is 11.1 Å². The number of halogens is 2. The summed E-state index contributed by atoms with van der Waals surface area (Å²) in [7, 11) is 1.97. The second-order valence-corrected chi connectivity index (χ2v) is 7.14. The molecule has 0 atom stereocenters. The van der Waals surface area contributed by atoms with Crippen molar-refractivity contribution in [3.8, 4) is 11.3 Å². The minimum absolute atomic E-state index is 0.0263. The molecule has 3 nitrogen and oxygen atoms in total. The second-order valence-electron chi connectivity index (χ2n) is 7.14. The minimum Gasteiger partial charge on any atom is -0.437 e. The van der Waals surface area contributed by atoms with Gasteiger partial charge in [-0.2, -0.15) is 9.37 Å². The van der Waals surface area contributed by atoms with Crippen molar-refractivity contribution in [1.29, 1.82) is 0 Å². The highest BCUT2D eigenvalue weighted by molar-refractivity contribution is 6.11. The number of aromatic nitrogens is 2. The number of hydrogen-bond donors (Lipinski definition) is 0. The first kappa shape index (κ1) is 16.8. The lowest BCUT2D eigenvalue weighted by Gasteiger charge is -2.10. The number of rotatable bonds is 1. The molecule has 28 heavy (non-hydrogen) atoms. The number of aryl methyl sites for hydroxylation is 2. The maximum Gasteiger partial charge on any atom is 0.232 e. The van der Waals surface area contributed by atoms with Gasteiger partial charge in [-0.3, -0.25) is 0 Å². The molecule has 0 radical (unpaired) electrons. The summed E-state index contributed by atoms with van der Waals surface area (Å²) >= 11 is 0. The molecule has 5 aromatic rings. The Bertz CT molecular complexity index is 1420. The first-order chi connectivity index (χ1) is 13.5. The van der Waals surface area contributed by atoms with Gasteiger partial charge in [0.25, 0.3) is 0 Å². The smallest absolute Gasteiger partial charge is 0.232 e. The van der Waals surface area contributed by atoms with Crippen molar-refractivity contribution >= 4 is 32.8 Å². The minimum atomic E-state index is -0.894. The molecule has 0 bridgehead atoms. The molecule has 0 amide bonds. The van der Waals surface area contributed by atoms with E-state index >= 15 is 0 Å². The molecule has 3 heterocycles. The summed E-state index contributed by atoms with van der Waals surface area (Å²) in [4.78, 5) is 3.77. The second kappa shape index (κ2) is 5.83. The predicted molar refractivity (Wildman–Crippen MR) is 105 cm³/mol. The van der Waals surface area contributed by atoms with Crippen LogP contribution in [0.2, 0.25) is 0 Å². The molecule has 0 aliphatic rings. The van der Waals surface area contributed by atoms with E-state index < -0.39 is 11.8 Å². The summed E-state index contributed by atoms with van der Waals surface area (Å²) in [6.45, 7) is 4.00. The lowest BCUT2D eigenvalue weighted by molar-refractivity contribution is -0.659. The monoisotopic (exact) mass is 375 g/mol. The van der Waals surface area contributed by atoms with Crippen LogP contribution in [0.15, 0.2) is 53.1 Å². The van der Waals surface area contributed by atoms with Crippen LogP contribution in [0.4, 0.5) is 8.78 Å². The van der Waals surface area contributed by atoms with Crippen molar-refractivity contribution in [1.82, 2.24) is 4.98 Å². The van der Waals surface area contributed by atoms with Gasteiger partial charge in [0.05, 0.1) is 16.3 Å². The van der Waals surface area contributed by atoms with Crippen LogP contribution in [0.5, 0.6) is 0 Å². The lowest BCUT2D eigenvalue weighted by Crippen LogP contribution is -2.30. The van der Waals surface area contributed by atoms with Gasteiger partial charge in [-0.15, -0.1) is 0 Å². The zero-order valence-electron chi connectivity index (χ0n) is 15.7. The van der Waals surface area contributed by atoms with Crippen LogP contribution in [0, 0.1) is 25.6 Å². The molecule has 0 unspecified atom stereocenters. The average Bonchev–Trinajstić information content (AvgIpc) is 3.01. The molecule has 138 valence electrons. The van der Waals surface area contributed by atoms with Crippen molar-refractivity contribution in [3.05, 3.63) is 71.6 Å². The first-order valence-corrected chi connectivity index (χ1v) is 9.02. The summed E-state index contributed by atoms with van der Waals surface area (Å²) in [6, 6.07) is 12.8. The molecule has 0 N–H and O–H groups in total. The number of furan rings is 1. The summed E-state index contributed by atoms with van der Waals surface area (Å²) in [5.41, 5.74) is 4.35. The molecule has 2 aromatic carbocycles. The molecule has 0 saturated carbocycles. The number of hydrogen-bond acceptors (Lipinski definition) is 2. The van der Waals surface area contributed by atoms with Gasteiger partial charge in [0.15, 0.2) is 11.8 Å². The van der Waals surface area contributed by atoms with Gasteiger partial charge in [-0.05, 0) is 42.5 Å². The molecule has 0 aliphatic heterocycles. The third-order valence-corrected chi connectivity index (χ3v) is 5.46. The van der Waals surface area contributed by atoms with Gasteiger partial charge < -0.3 is 4.42 Å². The van der Waals surface area contributed by atoms with Crippen molar-refractivity contribution < 1.29 is 17.8 Å². The normalized spacial score (nSPS) is 11.8. The topological polar surface area (TPSA) is 29.9 Å². The van der Waals surface area contributed by atoms with Crippen LogP contribution < -0.4 is 4.57 Å². The lowest BCUT2D eigenvalue weighted by atomic mass is 9.94. The standard InChI is InChI=1S/C23H17F2N2O/c1-12-10-16-20-17(24)11-18(25)26-23(20)28-22(16)19(13(12)2)21-15-7-5-4-6-14(15)8-9-27(21)3/h4-11H,1-3H3/q+1. The van der Waals surface area contributed by atoms with Gasteiger partial charge >= 0.3 is 0 Å². The highest BCUT2D eigenvalue weighted by Gasteiger charge is 2.26. The van der Waals surface area contributed by atoms with E-state index in [4.69, 9.17) is 4.42 Å². The molecule has 0 fully saturated rings. The SMILES string of the molecule is Cc1cc2c(oc3nc(F)cc(F)c32)c(-c2c3ccccc3cc[n+]2C)c1C. The number of benzene rings is 2. The third kappa shape index (κ3) is 2.26. The summed E-state index contributed by atoms with van der Waals surface area (Å²) in [5.74, 6) is -1.56. The van der Waals surface area contributed by atoms with Crippen molar-refractivity contribution in [2.45, 2.75) is 13.8 Å². The van der Waals surface area contributed by atoms with E-state index in [1.165, 1.54) is 0 Å². The predicted octanol–water partition coefficient (Wildman–Crippen LogP) is 5.52. The first-order valence-electron chi connectivity index (χ1n) is 9.02. The molecule has 0 spiro atoms. The highest BCUT2D eigenvalue weighted by Crippen LogP contribution is 2.40. The van der Waals surface area contributed by atoms with E-state index in [2.05, 4.69) is 23.2 Å². The largest absolute Gasteiger partial charge is 0.437 e. The Morgan fingerprint density at radius 1 is 1.00 bits per heavy atom. The fourth-order valence-corrected chi connectivity index (χ4v) is 3.97. The Hall–Kier alpha value is -3.34. The van der Waals surface area contributed by atoms with Gasteiger partial charge in [-0.25, -0.2) is 8.96 Å². The molecule has 0 saturated heterocycles. The van der Waals surface area contributed by atoms with Crippen LogP contribution in [-0.4, -0.2) is 4.98 Å². The molecular formula is C23H17F2N2O+. The third-order valence-electron chi connectivity index (χ3n) is 5.46. The van der Waals surface area contributed by atoms with Gasteiger partial charge in [-0.1, -0.05) is 18.2 Å². The summed E-state index contributed by atoms with van der Waals surface area (Å²) in [5, 5.41) is 2.97. The van der Waals surface area contributed by atoms with Gasteiger partial charge in [0.2, 0.25) is 17.4 Å². The van der Waals surface area contributed by atoms with Crippen LogP contribution in [-0.2, 0) is 7.05 Å². The Balaban J connectivity index is 2.03. The fourth-order valence-electron chi connectivity index (χ4n) is 3.97. The van der Waals surface area contributed by atoms with Crippen LogP contribution in [0.3, 0.4) is 0 Å². The highest BCUT2D eigenvalue weighted by atomic mass is 19.1. The summed E-state index contributed by atoms with van der Waals surface area (Å²) in [6.07, 6.45) is 1.99. The van der Waals surface area contributed by atoms with Crippen molar-refractivity contribution in [3.63, 3.8) is 0 Å². The van der Waals surface area contributed by atoms with Crippen molar-refractivity contribution in [2.75, 3.05) is 0 Å². The van der Waals surface area contributed by atoms with Crippen molar-refractivity contribution in [2.24, 2.45) is 7.05 Å². The number of pyridine rings is 2.